The zero-order valence-corrected chi connectivity index (χ0v) is 9.91. The van der Waals surface area contributed by atoms with Crippen molar-refractivity contribution in [3.05, 3.63) is 41.4 Å². The van der Waals surface area contributed by atoms with Crippen molar-refractivity contribution < 1.29 is 9.90 Å². The van der Waals surface area contributed by atoms with Gasteiger partial charge < -0.3 is 10.4 Å². The van der Waals surface area contributed by atoms with Gasteiger partial charge in [0.1, 0.15) is 9.88 Å². The molecule has 0 aliphatic carbocycles. The van der Waals surface area contributed by atoms with Gasteiger partial charge in [-0.1, -0.05) is 30.3 Å². The molecule has 1 aromatic heterocycles. The number of carbonyl (C=O) groups excluding carboxylic acids is 1. The van der Waals surface area contributed by atoms with Crippen molar-refractivity contribution in [1.29, 1.82) is 0 Å². The Balaban J connectivity index is 2.14. The third-order valence-electron chi connectivity index (χ3n) is 2.15. The molecule has 2 aromatic rings. The number of hydrogen-bond acceptors (Lipinski definition) is 4. The molecule has 0 aliphatic heterocycles. The molecule has 0 fully saturated rings. The monoisotopic (exact) mass is 248 g/mol. The maximum absolute atomic E-state index is 11.6. The summed E-state index contributed by atoms with van der Waals surface area (Å²) in [4.78, 5) is 16.4. The van der Waals surface area contributed by atoms with E-state index in [-0.39, 0.29) is 19.1 Å². The fraction of sp³-hybridized carbons (Fsp3) is 0.167. The van der Waals surface area contributed by atoms with Gasteiger partial charge in [-0.2, -0.15) is 0 Å². The molecule has 0 spiro atoms. The minimum Gasteiger partial charge on any atom is -0.395 e. The Bertz CT molecular complexity index is 496. The number of benzene rings is 1. The molecule has 0 saturated carbocycles. The minimum absolute atomic E-state index is 0.0594. The van der Waals surface area contributed by atoms with Crippen LogP contribution < -0.4 is 5.32 Å². The number of nitrogens with zero attached hydrogens (tertiary/aromatic N) is 1. The molecule has 1 aromatic carbocycles. The van der Waals surface area contributed by atoms with E-state index in [1.54, 1.807) is 6.20 Å². The van der Waals surface area contributed by atoms with Crippen molar-refractivity contribution in [3.63, 3.8) is 0 Å². The number of amides is 1. The second-order valence-electron chi connectivity index (χ2n) is 3.38. The molecule has 2 N–H and O–H groups in total. The zero-order valence-electron chi connectivity index (χ0n) is 9.09. The highest BCUT2D eigenvalue weighted by molar-refractivity contribution is 7.16. The lowest BCUT2D eigenvalue weighted by Gasteiger charge is -1.98. The number of nitrogens with one attached hydrogen (secondary N) is 1. The van der Waals surface area contributed by atoms with E-state index >= 15 is 0 Å². The summed E-state index contributed by atoms with van der Waals surface area (Å²) in [5, 5.41) is 12.0. The SMILES string of the molecule is O=C(NCCO)c1cnc(-c2ccccc2)s1. The van der Waals surface area contributed by atoms with Crippen molar-refractivity contribution in [2.75, 3.05) is 13.2 Å². The van der Waals surface area contributed by atoms with E-state index in [4.69, 9.17) is 5.11 Å². The van der Waals surface area contributed by atoms with Crippen molar-refractivity contribution in [1.82, 2.24) is 10.3 Å². The molecule has 1 amide bonds. The van der Waals surface area contributed by atoms with Crippen LogP contribution in [0.15, 0.2) is 36.5 Å². The van der Waals surface area contributed by atoms with E-state index in [9.17, 15) is 4.79 Å². The van der Waals surface area contributed by atoms with Gasteiger partial charge in [-0.15, -0.1) is 11.3 Å². The molecule has 5 heteroatoms. The van der Waals surface area contributed by atoms with Crippen LogP contribution in [-0.4, -0.2) is 29.1 Å². The third-order valence-corrected chi connectivity index (χ3v) is 3.19. The molecular formula is C12H12N2O2S. The molecule has 0 bridgehead atoms. The van der Waals surface area contributed by atoms with E-state index < -0.39 is 0 Å². The quantitative estimate of drug-likeness (QED) is 0.862. The first kappa shape index (κ1) is 11.8. The van der Waals surface area contributed by atoms with Crippen LogP contribution in [0.2, 0.25) is 0 Å². The van der Waals surface area contributed by atoms with Crippen LogP contribution in [-0.2, 0) is 0 Å². The molecule has 0 aliphatic rings. The average molecular weight is 248 g/mol. The highest BCUT2D eigenvalue weighted by atomic mass is 32.1. The fourth-order valence-corrected chi connectivity index (χ4v) is 2.19. The van der Waals surface area contributed by atoms with Crippen molar-refractivity contribution in [3.8, 4) is 10.6 Å². The number of aliphatic hydroxyl groups is 1. The van der Waals surface area contributed by atoms with Crippen LogP contribution in [0.25, 0.3) is 10.6 Å². The maximum Gasteiger partial charge on any atom is 0.263 e. The van der Waals surface area contributed by atoms with Gasteiger partial charge in [0, 0.05) is 12.1 Å². The summed E-state index contributed by atoms with van der Waals surface area (Å²) in [6.45, 7) is 0.202. The molecule has 1 heterocycles. The average Bonchev–Trinajstić information content (AvgIpc) is 2.86. The molecule has 88 valence electrons. The molecular weight excluding hydrogens is 236 g/mol. The number of aromatic nitrogens is 1. The summed E-state index contributed by atoms with van der Waals surface area (Å²) < 4.78 is 0. The lowest BCUT2D eigenvalue weighted by atomic mass is 10.2. The third kappa shape index (κ3) is 2.89. The number of thiazole rings is 1. The summed E-state index contributed by atoms with van der Waals surface area (Å²) in [5.41, 5.74) is 0.999. The summed E-state index contributed by atoms with van der Waals surface area (Å²) >= 11 is 1.34. The molecule has 0 radical (unpaired) electrons. The summed E-state index contributed by atoms with van der Waals surface area (Å²) in [6, 6.07) is 9.71. The normalized spacial score (nSPS) is 10.2. The van der Waals surface area contributed by atoms with Gasteiger partial charge in [0.15, 0.2) is 0 Å². The van der Waals surface area contributed by atoms with Gasteiger partial charge in [0.05, 0.1) is 12.8 Å². The van der Waals surface area contributed by atoms with E-state index in [1.807, 2.05) is 30.3 Å². The lowest BCUT2D eigenvalue weighted by Crippen LogP contribution is -2.25. The second-order valence-corrected chi connectivity index (χ2v) is 4.41. The van der Waals surface area contributed by atoms with Gasteiger partial charge in [-0.25, -0.2) is 4.98 Å². The molecule has 0 unspecified atom stereocenters. The topological polar surface area (TPSA) is 62.2 Å². The Morgan fingerprint density at radius 1 is 1.35 bits per heavy atom. The first-order valence-corrected chi connectivity index (χ1v) is 6.03. The molecule has 17 heavy (non-hydrogen) atoms. The van der Waals surface area contributed by atoms with Gasteiger partial charge in [-0.3, -0.25) is 4.79 Å². The first-order valence-electron chi connectivity index (χ1n) is 5.21. The van der Waals surface area contributed by atoms with Gasteiger partial charge >= 0.3 is 0 Å². The Morgan fingerprint density at radius 3 is 2.82 bits per heavy atom. The van der Waals surface area contributed by atoms with Crippen LogP contribution in [0.5, 0.6) is 0 Å². The Labute approximate surface area is 103 Å². The van der Waals surface area contributed by atoms with Crippen LogP contribution in [0, 0.1) is 0 Å². The summed E-state index contributed by atoms with van der Waals surface area (Å²) in [7, 11) is 0. The van der Waals surface area contributed by atoms with E-state index in [0.29, 0.717) is 4.88 Å². The highest BCUT2D eigenvalue weighted by Crippen LogP contribution is 2.24. The van der Waals surface area contributed by atoms with E-state index in [1.165, 1.54) is 11.3 Å². The maximum atomic E-state index is 11.6. The highest BCUT2D eigenvalue weighted by Gasteiger charge is 2.10. The minimum atomic E-state index is -0.196. The largest absolute Gasteiger partial charge is 0.395 e. The zero-order chi connectivity index (χ0) is 12.1. The Hall–Kier alpha value is -1.72. The van der Waals surface area contributed by atoms with E-state index in [0.717, 1.165) is 10.6 Å². The predicted molar refractivity (Wildman–Crippen MR) is 67.0 cm³/mol. The smallest absolute Gasteiger partial charge is 0.263 e. The Kier molecular flexibility index (Phi) is 3.85. The van der Waals surface area contributed by atoms with Gasteiger partial charge in [0.2, 0.25) is 0 Å². The second kappa shape index (κ2) is 5.56. The fourth-order valence-electron chi connectivity index (χ4n) is 1.35. The van der Waals surface area contributed by atoms with Crippen LogP contribution in [0.4, 0.5) is 0 Å². The van der Waals surface area contributed by atoms with Crippen molar-refractivity contribution >= 4 is 17.2 Å². The van der Waals surface area contributed by atoms with Crippen LogP contribution in [0.1, 0.15) is 9.67 Å². The molecule has 2 rings (SSSR count). The summed E-state index contributed by atoms with van der Waals surface area (Å²) in [5.74, 6) is -0.196. The van der Waals surface area contributed by atoms with Crippen LogP contribution in [0.3, 0.4) is 0 Å². The number of hydrogen-bond donors (Lipinski definition) is 2. The van der Waals surface area contributed by atoms with E-state index in [2.05, 4.69) is 10.3 Å². The Morgan fingerprint density at radius 2 is 2.12 bits per heavy atom. The van der Waals surface area contributed by atoms with Gasteiger partial charge in [0.25, 0.3) is 5.91 Å². The number of rotatable bonds is 4. The van der Waals surface area contributed by atoms with Crippen LogP contribution >= 0.6 is 11.3 Å². The first-order chi connectivity index (χ1) is 8.31. The van der Waals surface area contributed by atoms with Gasteiger partial charge in [-0.05, 0) is 0 Å². The lowest BCUT2D eigenvalue weighted by molar-refractivity contribution is 0.0948. The van der Waals surface area contributed by atoms with Crippen molar-refractivity contribution in [2.24, 2.45) is 0 Å². The molecule has 0 atom stereocenters. The molecule has 4 nitrogen and oxygen atoms in total. The standard InChI is InChI=1S/C12H12N2O2S/c15-7-6-13-11(16)10-8-14-12(17-10)9-4-2-1-3-5-9/h1-5,8,15H,6-7H2,(H,13,16). The number of aliphatic hydroxyl groups excluding tert-OH is 1. The number of carbonyl (C=O) groups is 1. The molecule has 0 saturated heterocycles. The van der Waals surface area contributed by atoms with Crippen molar-refractivity contribution in [2.45, 2.75) is 0 Å². The predicted octanol–water partition coefficient (Wildman–Crippen LogP) is 1.53. The summed E-state index contributed by atoms with van der Waals surface area (Å²) in [6.07, 6.45) is 1.56.